The molecule has 0 aliphatic heterocycles. The molecule has 0 saturated carbocycles. The first-order valence-corrected chi connectivity index (χ1v) is 8.43. The Labute approximate surface area is 162 Å². The summed E-state index contributed by atoms with van der Waals surface area (Å²) in [6.45, 7) is -0.119. The second kappa shape index (κ2) is 8.04. The number of alkyl halides is 5. The van der Waals surface area contributed by atoms with Gasteiger partial charge in [-0.25, -0.2) is 0 Å². The van der Waals surface area contributed by atoms with E-state index in [1.807, 2.05) is 0 Å². The predicted molar refractivity (Wildman–Crippen MR) is 94.6 cm³/mol. The maximum atomic E-state index is 12.9. The molecule has 9 heteroatoms. The molecule has 0 aromatic heterocycles. The van der Waals surface area contributed by atoms with Gasteiger partial charge >= 0.3 is 6.18 Å². The number of carbonyl (C=O) groups excluding carboxylic acids is 1. The van der Waals surface area contributed by atoms with Crippen molar-refractivity contribution in [1.82, 2.24) is 0 Å². The Morgan fingerprint density at radius 1 is 1.08 bits per heavy atom. The second-order valence-corrected chi connectivity index (χ2v) is 6.95. The summed E-state index contributed by atoms with van der Waals surface area (Å²) in [5.41, 5.74) is -0.423. The normalized spacial score (nSPS) is 11.7. The molecule has 0 unspecified atom stereocenters. The SMILES string of the molecule is O=C(C(Cl)Cl)N(Cc1ccc(Cl)cc1Cl)c1cccc(C(F)(F)F)c1. The molecule has 0 radical (unpaired) electrons. The van der Waals surface area contributed by atoms with E-state index in [-0.39, 0.29) is 17.3 Å². The van der Waals surface area contributed by atoms with Crippen LogP contribution >= 0.6 is 46.4 Å². The minimum Gasteiger partial charge on any atom is -0.306 e. The Hall–Kier alpha value is -1.14. The Kier molecular flexibility index (Phi) is 6.49. The highest BCUT2D eigenvalue weighted by atomic mass is 35.5. The molecule has 0 spiro atoms. The van der Waals surface area contributed by atoms with Crippen molar-refractivity contribution >= 4 is 58.0 Å². The van der Waals surface area contributed by atoms with E-state index in [1.165, 1.54) is 18.2 Å². The van der Waals surface area contributed by atoms with Gasteiger partial charge in [-0.15, -0.1) is 0 Å². The molecule has 0 aliphatic carbocycles. The van der Waals surface area contributed by atoms with Crippen LogP contribution in [-0.2, 0) is 17.5 Å². The molecule has 0 bridgehead atoms. The average Bonchev–Trinajstić information content (AvgIpc) is 2.53. The van der Waals surface area contributed by atoms with Crippen molar-refractivity contribution in [2.24, 2.45) is 0 Å². The van der Waals surface area contributed by atoms with E-state index in [0.717, 1.165) is 17.0 Å². The molecule has 0 atom stereocenters. The molecule has 0 saturated heterocycles. The van der Waals surface area contributed by atoms with Crippen LogP contribution < -0.4 is 4.90 Å². The number of benzene rings is 2. The fourth-order valence-corrected chi connectivity index (χ4v) is 2.79. The first-order valence-electron chi connectivity index (χ1n) is 6.80. The second-order valence-electron chi connectivity index (χ2n) is 5.01. The van der Waals surface area contributed by atoms with Crippen LogP contribution in [0.1, 0.15) is 11.1 Å². The molecule has 2 aromatic rings. The maximum Gasteiger partial charge on any atom is 0.416 e. The third-order valence-electron chi connectivity index (χ3n) is 3.28. The summed E-state index contributed by atoms with van der Waals surface area (Å²) in [5, 5.41) is 0.649. The Bertz CT molecular complexity index is 780. The lowest BCUT2D eigenvalue weighted by Crippen LogP contribution is -2.34. The Balaban J connectivity index is 2.45. The molecule has 2 nitrogen and oxygen atoms in total. The van der Waals surface area contributed by atoms with Crippen molar-refractivity contribution in [2.75, 3.05) is 4.90 Å². The molecular weight excluding hydrogens is 421 g/mol. The van der Waals surface area contributed by atoms with Gasteiger partial charge in [0, 0.05) is 15.7 Å². The highest BCUT2D eigenvalue weighted by Crippen LogP contribution is 2.33. The van der Waals surface area contributed by atoms with E-state index in [2.05, 4.69) is 0 Å². The lowest BCUT2D eigenvalue weighted by atomic mass is 10.1. The molecule has 0 N–H and O–H groups in total. The molecule has 0 fully saturated rings. The highest BCUT2D eigenvalue weighted by molar-refractivity contribution is 6.54. The number of amides is 1. The third-order valence-corrected chi connectivity index (χ3v) is 4.24. The summed E-state index contributed by atoms with van der Waals surface area (Å²) in [4.78, 5) is 11.9. The van der Waals surface area contributed by atoms with E-state index in [1.54, 1.807) is 12.1 Å². The smallest absolute Gasteiger partial charge is 0.306 e. The van der Waals surface area contributed by atoms with Crippen molar-refractivity contribution in [3.63, 3.8) is 0 Å². The lowest BCUT2D eigenvalue weighted by Gasteiger charge is -2.25. The molecular formula is C16H10Cl4F3NO. The number of hydrogen-bond donors (Lipinski definition) is 0. The predicted octanol–water partition coefficient (Wildman–Crippen LogP) is 6.35. The van der Waals surface area contributed by atoms with Gasteiger partial charge in [0.05, 0.1) is 12.1 Å². The first kappa shape index (κ1) is 20.2. The summed E-state index contributed by atoms with van der Waals surface area (Å²) < 4.78 is 38.8. The van der Waals surface area contributed by atoms with Crippen molar-refractivity contribution < 1.29 is 18.0 Å². The topological polar surface area (TPSA) is 20.3 Å². The molecule has 25 heavy (non-hydrogen) atoms. The van der Waals surface area contributed by atoms with Crippen LogP contribution in [0.3, 0.4) is 0 Å². The van der Waals surface area contributed by atoms with Crippen molar-refractivity contribution in [2.45, 2.75) is 17.6 Å². The lowest BCUT2D eigenvalue weighted by molar-refractivity contribution is -0.137. The largest absolute Gasteiger partial charge is 0.416 e. The van der Waals surface area contributed by atoms with Crippen LogP contribution in [0.15, 0.2) is 42.5 Å². The number of halogens is 7. The fraction of sp³-hybridized carbons (Fsp3) is 0.188. The summed E-state index contributed by atoms with van der Waals surface area (Å²) >= 11 is 23.2. The van der Waals surface area contributed by atoms with E-state index in [4.69, 9.17) is 46.4 Å². The minimum atomic E-state index is -4.55. The highest BCUT2D eigenvalue weighted by Gasteiger charge is 2.32. The summed E-state index contributed by atoms with van der Waals surface area (Å²) in [6, 6.07) is 8.88. The monoisotopic (exact) mass is 429 g/mol. The molecule has 0 aliphatic rings. The number of rotatable bonds is 4. The number of hydrogen-bond acceptors (Lipinski definition) is 1. The van der Waals surface area contributed by atoms with Crippen LogP contribution in [0.2, 0.25) is 10.0 Å². The zero-order valence-corrected chi connectivity index (χ0v) is 15.4. The van der Waals surface area contributed by atoms with Gasteiger partial charge < -0.3 is 4.90 Å². The van der Waals surface area contributed by atoms with Gasteiger partial charge in [0.1, 0.15) is 0 Å². The number of nitrogens with zero attached hydrogens (tertiary/aromatic N) is 1. The summed E-state index contributed by atoms with van der Waals surface area (Å²) in [7, 11) is 0. The van der Waals surface area contributed by atoms with Gasteiger partial charge in [-0.1, -0.05) is 58.5 Å². The van der Waals surface area contributed by atoms with Gasteiger partial charge in [-0.2, -0.15) is 13.2 Å². The zero-order chi connectivity index (χ0) is 18.8. The Morgan fingerprint density at radius 3 is 2.32 bits per heavy atom. The minimum absolute atomic E-state index is 0.00265. The van der Waals surface area contributed by atoms with Gasteiger partial charge in [0.15, 0.2) is 4.84 Å². The number of anilines is 1. The van der Waals surface area contributed by atoms with Crippen molar-refractivity contribution in [1.29, 1.82) is 0 Å². The average molecular weight is 431 g/mol. The molecule has 2 aromatic carbocycles. The van der Waals surface area contributed by atoms with E-state index < -0.39 is 22.5 Å². The summed E-state index contributed by atoms with van der Waals surface area (Å²) in [5.74, 6) is -0.770. The van der Waals surface area contributed by atoms with E-state index in [0.29, 0.717) is 10.6 Å². The Morgan fingerprint density at radius 2 is 1.76 bits per heavy atom. The third kappa shape index (κ3) is 5.17. The van der Waals surface area contributed by atoms with E-state index in [9.17, 15) is 18.0 Å². The van der Waals surface area contributed by atoms with E-state index >= 15 is 0 Å². The summed E-state index contributed by atoms with van der Waals surface area (Å²) in [6.07, 6.45) is -4.55. The van der Waals surface area contributed by atoms with Crippen LogP contribution in [0.4, 0.5) is 18.9 Å². The zero-order valence-electron chi connectivity index (χ0n) is 12.3. The van der Waals surface area contributed by atoms with Crippen LogP contribution in [0.25, 0.3) is 0 Å². The molecule has 134 valence electrons. The van der Waals surface area contributed by atoms with Gasteiger partial charge in [-0.05, 0) is 35.9 Å². The van der Waals surface area contributed by atoms with Crippen LogP contribution in [-0.4, -0.2) is 10.7 Å². The van der Waals surface area contributed by atoms with Crippen LogP contribution in [0, 0.1) is 0 Å². The van der Waals surface area contributed by atoms with Gasteiger partial charge in [0.2, 0.25) is 0 Å². The fourth-order valence-electron chi connectivity index (χ4n) is 2.08. The van der Waals surface area contributed by atoms with Gasteiger partial charge in [0.25, 0.3) is 5.91 Å². The molecule has 1 amide bonds. The number of carbonyl (C=O) groups is 1. The maximum absolute atomic E-state index is 12.9. The van der Waals surface area contributed by atoms with Crippen molar-refractivity contribution in [3.8, 4) is 0 Å². The van der Waals surface area contributed by atoms with Crippen molar-refractivity contribution in [3.05, 3.63) is 63.6 Å². The standard InChI is InChI=1S/C16H10Cl4F3NO/c17-11-5-4-9(13(18)7-11)8-24(15(25)14(19)20)12-3-1-2-10(6-12)16(21,22)23/h1-7,14H,8H2. The first-order chi connectivity index (χ1) is 11.6. The van der Waals surface area contributed by atoms with Gasteiger partial charge in [-0.3, -0.25) is 4.79 Å². The quantitative estimate of drug-likeness (QED) is 0.517. The van der Waals surface area contributed by atoms with Crippen LogP contribution in [0.5, 0.6) is 0 Å². The molecule has 2 rings (SSSR count). The molecule has 0 heterocycles.